The van der Waals surface area contributed by atoms with Gasteiger partial charge in [-0.1, -0.05) is 0 Å². The molecule has 0 aromatic heterocycles. The molecule has 0 unspecified atom stereocenters. The molecule has 0 atom stereocenters. The number of carbonyl (C=O) groups is 2. The largest absolute Gasteiger partial charge is 0.390 e. The van der Waals surface area contributed by atoms with E-state index in [1.807, 2.05) is 0 Å². The first-order valence-corrected chi connectivity index (χ1v) is 4.66. The summed E-state index contributed by atoms with van der Waals surface area (Å²) in [5.74, 6) is -0.535. The van der Waals surface area contributed by atoms with Crippen LogP contribution in [0.15, 0.2) is 29.3 Å². The average Bonchev–Trinajstić information content (AvgIpc) is 2.28. The van der Waals surface area contributed by atoms with Gasteiger partial charge in [0, 0.05) is 25.2 Å². The highest BCUT2D eigenvalue weighted by molar-refractivity contribution is 6.00. The van der Waals surface area contributed by atoms with E-state index in [0.717, 1.165) is 6.34 Å². The Hall–Kier alpha value is -2.17. The van der Waals surface area contributed by atoms with E-state index >= 15 is 0 Å². The van der Waals surface area contributed by atoms with Crippen LogP contribution >= 0.6 is 0 Å². The van der Waals surface area contributed by atoms with Crippen molar-refractivity contribution in [2.24, 2.45) is 10.7 Å². The van der Waals surface area contributed by atoms with Gasteiger partial charge in [0.15, 0.2) is 0 Å². The van der Waals surface area contributed by atoms with Crippen LogP contribution in [0.5, 0.6) is 0 Å². The van der Waals surface area contributed by atoms with Crippen LogP contribution in [0.3, 0.4) is 0 Å². The third-order valence-electron chi connectivity index (χ3n) is 1.98. The van der Waals surface area contributed by atoms with E-state index in [0.29, 0.717) is 11.1 Å². The van der Waals surface area contributed by atoms with Crippen molar-refractivity contribution in [3.63, 3.8) is 0 Å². The Labute approximate surface area is 93.6 Å². The van der Waals surface area contributed by atoms with Crippen molar-refractivity contribution in [3.05, 3.63) is 35.4 Å². The lowest BCUT2D eigenvalue weighted by Crippen LogP contribution is -2.21. The molecule has 1 aromatic rings. The molecule has 5 nitrogen and oxygen atoms in total. The van der Waals surface area contributed by atoms with Crippen molar-refractivity contribution >= 4 is 18.2 Å². The lowest BCUT2D eigenvalue weighted by Gasteiger charge is -2.09. The van der Waals surface area contributed by atoms with Crippen molar-refractivity contribution in [3.8, 4) is 0 Å². The zero-order valence-corrected chi connectivity index (χ0v) is 9.18. The Balaban J connectivity index is 2.91. The van der Waals surface area contributed by atoms with Crippen LogP contribution in [0.1, 0.15) is 20.7 Å². The summed E-state index contributed by atoms with van der Waals surface area (Å²) in [6.07, 6.45) is 0.946. The minimum absolute atomic E-state index is 0.110. The zero-order valence-electron chi connectivity index (χ0n) is 9.18. The maximum atomic E-state index is 11.5. The van der Waals surface area contributed by atoms with E-state index in [1.54, 1.807) is 38.4 Å². The molecule has 0 radical (unpaired) electrons. The summed E-state index contributed by atoms with van der Waals surface area (Å²) in [5.41, 5.74) is 5.94. The molecule has 0 aliphatic rings. The van der Waals surface area contributed by atoms with Crippen LogP contribution in [0.4, 0.5) is 0 Å². The molecule has 2 N–H and O–H groups in total. The second kappa shape index (κ2) is 5.06. The number of hydrogen-bond acceptors (Lipinski definition) is 2. The molecule has 16 heavy (non-hydrogen) atoms. The van der Waals surface area contributed by atoms with Gasteiger partial charge < -0.3 is 10.6 Å². The summed E-state index contributed by atoms with van der Waals surface area (Å²) in [5, 5.41) is 0. The molecule has 0 saturated heterocycles. The fraction of sp³-hybridized carbons (Fsp3) is 0.182. The summed E-state index contributed by atoms with van der Waals surface area (Å²) in [6, 6.07) is 6.27. The van der Waals surface area contributed by atoms with Crippen LogP contribution in [0.25, 0.3) is 0 Å². The van der Waals surface area contributed by atoms with E-state index in [-0.39, 0.29) is 5.91 Å². The molecule has 0 bridgehead atoms. The van der Waals surface area contributed by atoms with E-state index in [9.17, 15) is 9.59 Å². The van der Waals surface area contributed by atoms with Gasteiger partial charge in [0.05, 0.1) is 6.34 Å². The molecule has 2 amide bonds. The first kappa shape index (κ1) is 11.9. The quantitative estimate of drug-likeness (QED) is 0.581. The van der Waals surface area contributed by atoms with Gasteiger partial charge in [-0.25, -0.2) is 0 Å². The predicted octanol–water partition coefficient (Wildman–Crippen LogP) is 0.516. The van der Waals surface area contributed by atoms with Gasteiger partial charge in [-0.2, -0.15) is 4.99 Å². The molecule has 5 heteroatoms. The molecule has 0 heterocycles. The molecule has 84 valence electrons. The molecule has 0 aliphatic heterocycles. The van der Waals surface area contributed by atoms with Gasteiger partial charge in [0.1, 0.15) is 0 Å². The highest BCUT2D eigenvalue weighted by atomic mass is 16.2. The minimum Gasteiger partial charge on any atom is -0.390 e. The molecular formula is C11H13N3O2. The fourth-order valence-electron chi connectivity index (χ4n) is 1.16. The number of aliphatic imine (C=N–C) groups is 1. The molecule has 0 spiro atoms. The van der Waals surface area contributed by atoms with E-state index in [1.165, 1.54) is 4.90 Å². The monoisotopic (exact) mass is 219 g/mol. The third-order valence-corrected chi connectivity index (χ3v) is 1.98. The first-order valence-electron chi connectivity index (χ1n) is 4.66. The van der Waals surface area contributed by atoms with Crippen LogP contribution in [0, 0.1) is 0 Å². The smallest absolute Gasteiger partial charge is 0.278 e. The number of rotatable bonds is 2. The standard InChI is InChI=1S/C11H13N3O2/c1-14(2)11(16)9-5-3-8(4-6-9)10(15)13-7-12/h3-7H,1-2H3,(H2,12,13,15). The SMILES string of the molecule is CN(C)C(=O)c1ccc(C(=O)N=CN)cc1. The number of nitrogens with two attached hydrogens (primary N) is 1. The van der Waals surface area contributed by atoms with Crippen molar-refractivity contribution in [2.45, 2.75) is 0 Å². The zero-order chi connectivity index (χ0) is 12.1. The van der Waals surface area contributed by atoms with Crippen molar-refractivity contribution in [1.82, 2.24) is 4.90 Å². The van der Waals surface area contributed by atoms with Crippen LogP contribution in [0.2, 0.25) is 0 Å². The molecule has 1 aromatic carbocycles. The normalized spacial score (nSPS) is 10.4. The number of carbonyl (C=O) groups excluding carboxylic acids is 2. The summed E-state index contributed by atoms with van der Waals surface area (Å²) in [4.78, 5) is 27.7. The molecule has 1 rings (SSSR count). The van der Waals surface area contributed by atoms with Gasteiger partial charge in [-0.05, 0) is 24.3 Å². The maximum Gasteiger partial charge on any atom is 0.278 e. The highest BCUT2D eigenvalue weighted by Gasteiger charge is 2.09. The topological polar surface area (TPSA) is 75.8 Å². The fourth-order valence-corrected chi connectivity index (χ4v) is 1.16. The number of amides is 2. The number of hydrogen-bond donors (Lipinski definition) is 1. The number of nitrogens with zero attached hydrogens (tertiary/aromatic N) is 2. The van der Waals surface area contributed by atoms with Gasteiger partial charge >= 0.3 is 0 Å². The lowest BCUT2D eigenvalue weighted by molar-refractivity contribution is 0.0827. The Morgan fingerprint density at radius 2 is 1.69 bits per heavy atom. The van der Waals surface area contributed by atoms with E-state index in [2.05, 4.69) is 4.99 Å². The molecule has 0 fully saturated rings. The summed E-state index contributed by atoms with van der Waals surface area (Å²) >= 11 is 0. The average molecular weight is 219 g/mol. The Morgan fingerprint density at radius 1 is 1.19 bits per heavy atom. The molecular weight excluding hydrogens is 206 g/mol. The summed E-state index contributed by atoms with van der Waals surface area (Å²) in [6.45, 7) is 0. The van der Waals surface area contributed by atoms with Gasteiger partial charge in [-0.3, -0.25) is 9.59 Å². The van der Waals surface area contributed by atoms with Crippen LogP contribution in [-0.4, -0.2) is 37.1 Å². The van der Waals surface area contributed by atoms with Crippen LogP contribution < -0.4 is 5.73 Å². The summed E-state index contributed by atoms with van der Waals surface area (Å²) < 4.78 is 0. The number of benzene rings is 1. The lowest BCUT2D eigenvalue weighted by atomic mass is 10.1. The Morgan fingerprint density at radius 3 is 2.12 bits per heavy atom. The highest BCUT2D eigenvalue weighted by Crippen LogP contribution is 2.07. The Kier molecular flexibility index (Phi) is 3.77. The van der Waals surface area contributed by atoms with E-state index < -0.39 is 5.91 Å². The minimum atomic E-state index is -0.425. The Bertz CT molecular complexity index is 421. The van der Waals surface area contributed by atoms with Gasteiger partial charge in [0.25, 0.3) is 11.8 Å². The van der Waals surface area contributed by atoms with Crippen molar-refractivity contribution < 1.29 is 9.59 Å². The predicted molar refractivity (Wildman–Crippen MR) is 61.5 cm³/mol. The second-order valence-electron chi connectivity index (χ2n) is 3.36. The second-order valence-corrected chi connectivity index (χ2v) is 3.36. The van der Waals surface area contributed by atoms with Crippen molar-refractivity contribution in [2.75, 3.05) is 14.1 Å². The maximum absolute atomic E-state index is 11.5. The van der Waals surface area contributed by atoms with Gasteiger partial charge in [0.2, 0.25) is 0 Å². The van der Waals surface area contributed by atoms with Gasteiger partial charge in [-0.15, -0.1) is 0 Å². The first-order chi connectivity index (χ1) is 7.56. The molecule has 0 saturated carbocycles. The van der Waals surface area contributed by atoms with E-state index in [4.69, 9.17) is 5.73 Å². The van der Waals surface area contributed by atoms with Crippen LogP contribution in [-0.2, 0) is 0 Å². The van der Waals surface area contributed by atoms with Crippen molar-refractivity contribution in [1.29, 1.82) is 0 Å². The molecule has 0 aliphatic carbocycles. The summed E-state index contributed by atoms with van der Waals surface area (Å²) in [7, 11) is 3.33. The third kappa shape index (κ3) is 2.66.